The maximum absolute atomic E-state index is 13.4. The van der Waals surface area contributed by atoms with E-state index in [4.69, 9.17) is 9.72 Å². The molecule has 0 bridgehead atoms. The van der Waals surface area contributed by atoms with Gasteiger partial charge in [0.2, 0.25) is 0 Å². The number of nitrogens with zero attached hydrogens (tertiary/aromatic N) is 4. The Morgan fingerprint density at radius 1 is 1.17 bits per heavy atom. The first-order valence-electron chi connectivity index (χ1n) is 9.67. The molecule has 29 heavy (non-hydrogen) atoms. The molecule has 0 radical (unpaired) electrons. The van der Waals surface area contributed by atoms with Crippen molar-refractivity contribution in [1.29, 1.82) is 0 Å². The van der Waals surface area contributed by atoms with Crippen molar-refractivity contribution in [3.05, 3.63) is 72.6 Å². The number of ether oxygens (including phenoxy) is 1. The van der Waals surface area contributed by atoms with Crippen molar-refractivity contribution in [3.63, 3.8) is 0 Å². The third kappa shape index (κ3) is 3.66. The molecule has 6 nitrogen and oxygen atoms in total. The van der Waals surface area contributed by atoms with Gasteiger partial charge in [-0.25, -0.2) is 9.67 Å². The summed E-state index contributed by atoms with van der Waals surface area (Å²) < 4.78 is 8.65. The minimum atomic E-state index is -0.0634. The zero-order valence-electron chi connectivity index (χ0n) is 15.8. The number of thiazole rings is 1. The highest BCUT2D eigenvalue weighted by Gasteiger charge is 2.27. The molecule has 1 amide bonds. The number of benzene rings is 2. The van der Waals surface area contributed by atoms with Crippen LogP contribution in [-0.2, 0) is 4.74 Å². The summed E-state index contributed by atoms with van der Waals surface area (Å²) in [4.78, 5) is 19.9. The van der Waals surface area contributed by atoms with Gasteiger partial charge < -0.3 is 4.74 Å². The molecule has 1 unspecified atom stereocenters. The second-order valence-electron chi connectivity index (χ2n) is 7.01. The molecule has 0 spiro atoms. The highest BCUT2D eigenvalue weighted by atomic mass is 32.1. The lowest BCUT2D eigenvalue weighted by Gasteiger charge is -2.23. The van der Waals surface area contributed by atoms with E-state index >= 15 is 0 Å². The summed E-state index contributed by atoms with van der Waals surface area (Å²) in [6.07, 6.45) is 5.66. The van der Waals surface area contributed by atoms with E-state index in [-0.39, 0.29) is 12.0 Å². The third-order valence-electron chi connectivity index (χ3n) is 5.05. The highest BCUT2D eigenvalue weighted by molar-refractivity contribution is 7.22. The molecule has 1 saturated heterocycles. The van der Waals surface area contributed by atoms with Crippen molar-refractivity contribution in [2.24, 2.45) is 0 Å². The number of fused-ring (bicyclic) bond motifs is 1. The fourth-order valence-corrected chi connectivity index (χ4v) is 4.52. The summed E-state index contributed by atoms with van der Waals surface area (Å²) in [7, 11) is 0. The first kappa shape index (κ1) is 18.0. The maximum Gasteiger partial charge on any atom is 0.260 e. The van der Waals surface area contributed by atoms with Gasteiger partial charge in [0.25, 0.3) is 5.91 Å². The lowest BCUT2D eigenvalue weighted by Crippen LogP contribution is -2.37. The van der Waals surface area contributed by atoms with Crippen molar-refractivity contribution in [1.82, 2.24) is 14.8 Å². The Hall–Kier alpha value is -3.03. The van der Waals surface area contributed by atoms with Gasteiger partial charge in [-0.1, -0.05) is 23.5 Å². The summed E-state index contributed by atoms with van der Waals surface area (Å²) in [6, 6.07) is 17.3. The maximum atomic E-state index is 13.4. The van der Waals surface area contributed by atoms with E-state index in [0.717, 1.165) is 35.4 Å². The number of aromatic nitrogens is 3. The Bertz CT molecular complexity index is 1080. The van der Waals surface area contributed by atoms with Gasteiger partial charge in [0.1, 0.15) is 0 Å². The second kappa shape index (κ2) is 7.77. The number of hydrogen-bond donors (Lipinski definition) is 0. The van der Waals surface area contributed by atoms with Crippen molar-refractivity contribution in [2.45, 2.75) is 18.9 Å². The average molecular weight is 404 g/mol. The average Bonchev–Trinajstić information content (AvgIpc) is 3.53. The van der Waals surface area contributed by atoms with Gasteiger partial charge in [-0.15, -0.1) is 0 Å². The Kier molecular flexibility index (Phi) is 4.83. The molecule has 0 aliphatic carbocycles. The molecule has 2 aromatic carbocycles. The number of amides is 1. The Balaban J connectivity index is 1.46. The van der Waals surface area contributed by atoms with E-state index < -0.39 is 0 Å². The van der Waals surface area contributed by atoms with Gasteiger partial charge in [-0.2, -0.15) is 5.10 Å². The number of anilines is 1. The zero-order valence-corrected chi connectivity index (χ0v) is 16.6. The van der Waals surface area contributed by atoms with Crippen LogP contribution in [-0.4, -0.2) is 39.9 Å². The van der Waals surface area contributed by atoms with Crippen LogP contribution >= 0.6 is 11.3 Å². The van der Waals surface area contributed by atoms with Crippen LogP contribution in [0.3, 0.4) is 0 Å². The first-order valence-corrected chi connectivity index (χ1v) is 10.5. The summed E-state index contributed by atoms with van der Waals surface area (Å²) >= 11 is 1.54. The quantitative estimate of drug-likeness (QED) is 0.497. The molecule has 0 saturated carbocycles. The van der Waals surface area contributed by atoms with E-state index in [1.807, 2.05) is 60.8 Å². The molecule has 5 rings (SSSR count). The summed E-state index contributed by atoms with van der Waals surface area (Å²) in [6.45, 7) is 1.27. The monoisotopic (exact) mass is 404 g/mol. The molecule has 1 aliphatic heterocycles. The number of hydrogen-bond acceptors (Lipinski definition) is 5. The molecule has 4 aromatic rings. The van der Waals surface area contributed by atoms with Crippen LogP contribution in [0.2, 0.25) is 0 Å². The molecular formula is C22H20N4O2S. The Labute approximate surface area is 172 Å². The molecule has 146 valence electrons. The van der Waals surface area contributed by atoms with Crippen molar-refractivity contribution in [3.8, 4) is 5.69 Å². The summed E-state index contributed by atoms with van der Waals surface area (Å²) in [5.74, 6) is -0.0634. The molecule has 3 heterocycles. The van der Waals surface area contributed by atoms with Crippen LogP contribution < -0.4 is 4.90 Å². The van der Waals surface area contributed by atoms with E-state index in [2.05, 4.69) is 5.10 Å². The largest absolute Gasteiger partial charge is 0.376 e. The van der Waals surface area contributed by atoms with E-state index in [0.29, 0.717) is 17.2 Å². The Morgan fingerprint density at radius 3 is 2.76 bits per heavy atom. The lowest BCUT2D eigenvalue weighted by atomic mass is 10.1. The van der Waals surface area contributed by atoms with Crippen molar-refractivity contribution >= 4 is 32.6 Å². The number of carbonyl (C=O) groups is 1. The van der Waals surface area contributed by atoms with Crippen molar-refractivity contribution < 1.29 is 9.53 Å². The van der Waals surface area contributed by atoms with Gasteiger partial charge in [-0.3, -0.25) is 9.69 Å². The zero-order chi connectivity index (χ0) is 19.6. The van der Waals surface area contributed by atoms with E-state index in [9.17, 15) is 4.79 Å². The SMILES string of the molecule is O=C(c1ccc(-n2cccn2)cc1)N(CC1CCCO1)c1nc2ccccc2s1. The second-order valence-corrected chi connectivity index (χ2v) is 8.02. The highest BCUT2D eigenvalue weighted by Crippen LogP contribution is 2.30. The lowest BCUT2D eigenvalue weighted by molar-refractivity contribution is 0.0917. The van der Waals surface area contributed by atoms with Gasteiger partial charge in [0.05, 0.1) is 28.6 Å². The fraction of sp³-hybridized carbons (Fsp3) is 0.227. The van der Waals surface area contributed by atoms with Crippen LogP contribution in [0.15, 0.2) is 67.0 Å². The molecule has 1 atom stereocenters. The molecule has 0 N–H and O–H groups in total. The smallest absolute Gasteiger partial charge is 0.260 e. The molecular weight excluding hydrogens is 384 g/mol. The van der Waals surface area contributed by atoms with Crippen LogP contribution in [0.1, 0.15) is 23.2 Å². The fourth-order valence-electron chi connectivity index (χ4n) is 3.55. The topological polar surface area (TPSA) is 60.2 Å². The van der Waals surface area contributed by atoms with Crippen LogP contribution in [0.4, 0.5) is 5.13 Å². The predicted octanol–water partition coefficient (Wildman–Crippen LogP) is 4.31. The van der Waals surface area contributed by atoms with Gasteiger partial charge in [0, 0.05) is 24.6 Å². The molecule has 7 heteroatoms. The van der Waals surface area contributed by atoms with Gasteiger partial charge in [0.15, 0.2) is 5.13 Å². The summed E-state index contributed by atoms with van der Waals surface area (Å²) in [5.41, 5.74) is 2.45. The predicted molar refractivity (Wildman–Crippen MR) is 114 cm³/mol. The van der Waals surface area contributed by atoms with E-state index in [1.54, 1.807) is 15.8 Å². The third-order valence-corrected chi connectivity index (χ3v) is 6.11. The van der Waals surface area contributed by atoms with Gasteiger partial charge >= 0.3 is 0 Å². The molecule has 1 aliphatic rings. The number of para-hydroxylation sites is 1. The number of rotatable bonds is 5. The van der Waals surface area contributed by atoms with E-state index in [1.165, 1.54) is 11.3 Å². The number of carbonyl (C=O) groups excluding carboxylic acids is 1. The minimum Gasteiger partial charge on any atom is -0.376 e. The molecule has 1 fully saturated rings. The van der Waals surface area contributed by atoms with Crippen LogP contribution in [0.5, 0.6) is 0 Å². The standard InChI is InChI=1S/C22H20N4O2S/c27-21(16-8-10-17(11-9-16)26-13-4-12-23-26)25(15-18-5-3-14-28-18)22-24-19-6-1-2-7-20(19)29-22/h1-2,4,6-13,18H,3,5,14-15H2. The first-order chi connectivity index (χ1) is 14.3. The van der Waals surface area contributed by atoms with Gasteiger partial charge in [-0.05, 0) is 55.3 Å². The minimum absolute atomic E-state index is 0.0503. The normalized spacial score (nSPS) is 16.3. The Morgan fingerprint density at radius 2 is 2.03 bits per heavy atom. The summed E-state index contributed by atoms with van der Waals surface area (Å²) in [5, 5.41) is 4.94. The van der Waals surface area contributed by atoms with Crippen LogP contribution in [0.25, 0.3) is 15.9 Å². The van der Waals surface area contributed by atoms with Crippen LogP contribution in [0, 0.1) is 0 Å². The van der Waals surface area contributed by atoms with Crippen molar-refractivity contribution in [2.75, 3.05) is 18.1 Å². The molecule has 2 aromatic heterocycles.